The number of nitrogens with zero attached hydrogens (tertiary/aromatic N) is 2. The van der Waals surface area contributed by atoms with E-state index in [1.54, 1.807) is 31.4 Å². The molecule has 3 rings (SSSR count). The van der Waals surface area contributed by atoms with Crippen LogP contribution in [0.3, 0.4) is 0 Å². The van der Waals surface area contributed by atoms with E-state index in [1.807, 2.05) is 31.2 Å². The molecule has 6 nitrogen and oxygen atoms in total. The van der Waals surface area contributed by atoms with Crippen LogP contribution < -0.4 is 10.1 Å². The van der Waals surface area contributed by atoms with Gasteiger partial charge in [0, 0.05) is 11.8 Å². The van der Waals surface area contributed by atoms with Crippen molar-refractivity contribution in [2.75, 3.05) is 12.4 Å². The molecule has 0 saturated heterocycles. The zero-order chi connectivity index (χ0) is 17.8. The van der Waals surface area contributed by atoms with Crippen LogP contribution in [0.15, 0.2) is 47.6 Å². The molecule has 0 fully saturated rings. The van der Waals surface area contributed by atoms with Crippen LogP contribution in [0.25, 0.3) is 11.0 Å². The maximum atomic E-state index is 12.3. The van der Waals surface area contributed by atoms with Crippen LogP contribution in [0.2, 0.25) is 0 Å². The Morgan fingerprint density at radius 2 is 2.08 bits per heavy atom. The van der Waals surface area contributed by atoms with Gasteiger partial charge < -0.3 is 15.0 Å². The third kappa shape index (κ3) is 3.92. The van der Waals surface area contributed by atoms with E-state index in [0.29, 0.717) is 16.4 Å². The summed E-state index contributed by atoms with van der Waals surface area (Å²) in [7, 11) is 1.61. The number of aromatic amines is 1. The topological polar surface area (TPSA) is 90.8 Å². The summed E-state index contributed by atoms with van der Waals surface area (Å²) in [5.74, 6) is 0.618. The largest absolute Gasteiger partial charge is 0.497 e. The van der Waals surface area contributed by atoms with Crippen LogP contribution in [0.5, 0.6) is 5.75 Å². The maximum absolute atomic E-state index is 12.3. The quantitative estimate of drug-likeness (QED) is 0.685. The molecule has 0 bridgehead atoms. The van der Waals surface area contributed by atoms with Crippen molar-refractivity contribution in [3.8, 4) is 11.8 Å². The van der Waals surface area contributed by atoms with Gasteiger partial charge in [-0.1, -0.05) is 11.8 Å². The number of hydrogen-bond acceptors (Lipinski definition) is 5. The van der Waals surface area contributed by atoms with Gasteiger partial charge in [-0.3, -0.25) is 4.79 Å². The number of nitriles is 1. The van der Waals surface area contributed by atoms with E-state index < -0.39 is 0 Å². The Morgan fingerprint density at radius 1 is 1.32 bits per heavy atom. The monoisotopic (exact) mass is 352 g/mol. The van der Waals surface area contributed by atoms with E-state index in [2.05, 4.69) is 15.3 Å². The summed E-state index contributed by atoms with van der Waals surface area (Å²) < 4.78 is 5.19. The first-order chi connectivity index (χ1) is 12.1. The number of aromatic nitrogens is 2. The molecule has 0 aliphatic heterocycles. The number of thioether (sulfide) groups is 1. The zero-order valence-corrected chi connectivity index (χ0v) is 14.6. The lowest BCUT2D eigenvalue weighted by Gasteiger charge is -2.10. The molecule has 7 heteroatoms. The number of methoxy groups -OCH3 is 1. The molecule has 3 aromatic rings. The van der Waals surface area contributed by atoms with Gasteiger partial charge in [0.05, 0.1) is 35.0 Å². The van der Waals surface area contributed by atoms with E-state index in [4.69, 9.17) is 10.00 Å². The minimum Gasteiger partial charge on any atom is -0.497 e. The van der Waals surface area contributed by atoms with Crippen LogP contribution >= 0.6 is 11.8 Å². The number of carbonyl (C=O) groups excluding carboxylic acids is 1. The highest BCUT2D eigenvalue weighted by Crippen LogP contribution is 2.26. The lowest BCUT2D eigenvalue weighted by molar-refractivity contribution is -0.115. The van der Waals surface area contributed by atoms with E-state index >= 15 is 0 Å². The molecule has 0 aliphatic carbocycles. The summed E-state index contributed by atoms with van der Waals surface area (Å²) in [6, 6.07) is 14.4. The molecule has 1 heterocycles. The van der Waals surface area contributed by atoms with Crippen molar-refractivity contribution in [2.24, 2.45) is 0 Å². The first-order valence-electron chi connectivity index (χ1n) is 7.60. The Balaban J connectivity index is 1.67. The smallest absolute Gasteiger partial charge is 0.237 e. The van der Waals surface area contributed by atoms with Crippen molar-refractivity contribution in [2.45, 2.75) is 17.3 Å². The Labute approximate surface area is 149 Å². The lowest BCUT2D eigenvalue weighted by atomic mass is 10.2. The van der Waals surface area contributed by atoms with Crippen LogP contribution in [-0.4, -0.2) is 28.2 Å². The second-order valence-electron chi connectivity index (χ2n) is 5.36. The summed E-state index contributed by atoms with van der Waals surface area (Å²) >= 11 is 1.35. The SMILES string of the molecule is COc1ccc2nc(SC(C)C(=O)Nc3ccc(C#N)cc3)[nH]c2c1. The van der Waals surface area contributed by atoms with Crippen LogP contribution in [0.1, 0.15) is 12.5 Å². The molecule has 2 N–H and O–H groups in total. The zero-order valence-electron chi connectivity index (χ0n) is 13.7. The molecule has 0 spiro atoms. The fourth-order valence-electron chi connectivity index (χ4n) is 2.24. The van der Waals surface area contributed by atoms with Gasteiger partial charge in [0.25, 0.3) is 0 Å². The number of amides is 1. The normalized spacial score (nSPS) is 11.7. The number of fused-ring (bicyclic) bond motifs is 1. The van der Waals surface area contributed by atoms with Crippen LogP contribution in [0.4, 0.5) is 5.69 Å². The molecule has 1 unspecified atom stereocenters. The number of carbonyl (C=O) groups is 1. The Morgan fingerprint density at radius 3 is 2.76 bits per heavy atom. The van der Waals surface area contributed by atoms with Crippen molar-refractivity contribution >= 4 is 34.4 Å². The average Bonchev–Trinajstić information content (AvgIpc) is 3.03. The van der Waals surface area contributed by atoms with Gasteiger partial charge >= 0.3 is 0 Å². The number of rotatable bonds is 5. The molecule has 1 amide bonds. The highest BCUT2D eigenvalue weighted by atomic mass is 32.2. The fourth-order valence-corrected chi connectivity index (χ4v) is 3.06. The molecule has 2 aromatic carbocycles. The molecule has 0 radical (unpaired) electrons. The van der Waals surface area contributed by atoms with Gasteiger partial charge in [0.1, 0.15) is 5.75 Å². The molecule has 25 heavy (non-hydrogen) atoms. The van der Waals surface area contributed by atoms with E-state index in [9.17, 15) is 4.79 Å². The first kappa shape index (κ1) is 16.9. The Bertz CT molecular complexity index is 944. The average molecular weight is 352 g/mol. The highest BCUT2D eigenvalue weighted by molar-refractivity contribution is 8.00. The second-order valence-corrected chi connectivity index (χ2v) is 6.69. The number of ether oxygens (including phenoxy) is 1. The lowest BCUT2D eigenvalue weighted by Crippen LogP contribution is -2.22. The number of hydrogen-bond donors (Lipinski definition) is 2. The van der Waals surface area contributed by atoms with Crippen LogP contribution in [0, 0.1) is 11.3 Å². The number of anilines is 1. The Hall–Kier alpha value is -2.98. The Kier molecular flexibility index (Phi) is 4.91. The number of imidazole rings is 1. The summed E-state index contributed by atoms with van der Waals surface area (Å²) in [5.41, 5.74) is 2.90. The molecule has 1 atom stereocenters. The molecular formula is C18H16N4O2S. The minimum absolute atomic E-state index is 0.132. The number of H-pyrrole nitrogens is 1. The van der Waals surface area contributed by atoms with Gasteiger partial charge in [-0.15, -0.1) is 0 Å². The van der Waals surface area contributed by atoms with Gasteiger partial charge in [-0.2, -0.15) is 5.26 Å². The minimum atomic E-state index is -0.335. The van der Waals surface area contributed by atoms with Crippen molar-refractivity contribution < 1.29 is 9.53 Å². The van der Waals surface area contributed by atoms with E-state index in [0.717, 1.165) is 16.8 Å². The predicted octanol–water partition coefficient (Wildman–Crippen LogP) is 3.56. The third-order valence-corrected chi connectivity index (χ3v) is 4.59. The van der Waals surface area contributed by atoms with E-state index in [1.165, 1.54) is 11.8 Å². The molecule has 0 aliphatic rings. The molecule has 126 valence electrons. The van der Waals surface area contributed by atoms with E-state index in [-0.39, 0.29) is 11.2 Å². The first-order valence-corrected chi connectivity index (χ1v) is 8.48. The third-order valence-electron chi connectivity index (χ3n) is 3.61. The summed E-state index contributed by atoms with van der Waals surface area (Å²) in [6.45, 7) is 1.82. The molecule has 0 saturated carbocycles. The van der Waals surface area contributed by atoms with Crippen molar-refractivity contribution in [3.63, 3.8) is 0 Å². The predicted molar refractivity (Wildman–Crippen MR) is 97.8 cm³/mol. The standard InChI is InChI=1S/C18H16N4O2S/c1-11(17(23)20-13-5-3-12(10-19)4-6-13)25-18-21-15-8-7-14(24-2)9-16(15)22-18/h3-9,11H,1-2H3,(H,20,23)(H,21,22). The summed E-state index contributed by atoms with van der Waals surface area (Å²) in [5, 5.41) is 12.0. The van der Waals surface area contributed by atoms with Gasteiger partial charge in [0.2, 0.25) is 5.91 Å². The fraction of sp³-hybridized carbons (Fsp3) is 0.167. The number of benzene rings is 2. The van der Waals surface area contributed by atoms with Gasteiger partial charge in [-0.25, -0.2) is 4.98 Å². The highest BCUT2D eigenvalue weighted by Gasteiger charge is 2.17. The van der Waals surface area contributed by atoms with Gasteiger partial charge in [0.15, 0.2) is 5.16 Å². The number of nitrogens with one attached hydrogen (secondary N) is 2. The van der Waals surface area contributed by atoms with Gasteiger partial charge in [-0.05, 0) is 43.3 Å². The van der Waals surface area contributed by atoms with Crippen molar-refractivity contribution in [3.05, 3.63) is 48.0 Å². The van der Waals surface area contributed by atoms with Crippen molar-refractivity contribution in [1.29, 1.82) is 5.26 Å². The summed E-state index contributed by atoms with van der Waals surface area (Å²) in [4.78, 5) is 20.0. The van der Waals surface area contributed by atoms with Crippen molar-refractivity contribution in [1.82, 2.24) is 9.97 Å². The second kappa shape index (κ2) is 7.28. The summed E-state index contributed by atoms with van der Waals surface area (Å²) in [6.07, 6.45) is 0. The van der Waals surface area contributed by atoms with Crippen LogP contribution in [-0.2, 0) is 4.79 Å². The molecule has 1 aromatic heterocycles. The maximum Gasteiger partial charge on any atom is 0.237 e. The molecular weight excluding hydrogens is 336 g/mol.